The van der Waals surface area contributed by atoms with E-state index in [-0.39, 0.29) is 23.6 Å². The smallest absolute Gasteiger partial charge is 0.226 e. The second-order valence-electron chi connectivity index (χ2n) is 2.47. The van der Waals surface area contributed by atoms with Crippen LogP contribution in [0.2, 0.25) is 0 Å². The van der Waals surface area contributed by atoms with Gasteiger partial charge in [0.05, 0.1) is 0 Å². The van der Waals surface area contributed by atoms with Gasteiger partial charge in [0.1, 0.15) is 5.78 Å². The highest BCUT2D eigenvalue weighted by Gasteiger charge is 1.93. The Morgan fingerprint density at radius 1 is 1.07 bits per heavy atom. The van der Waals surface area contributed by atoms with Crippen molar-refractivity contribution in [2.24, 2.45) is 0 Å². The molecule has 6 N–H and O–H groups in total. The van der Waals surface area contributed by atoms with Crippen molar-refractivity contribution in [1.29, 1.82) is 0 Å². The molecule has 0 fully saturated rings. The van der Waals surface area contributed by atoms with Crippen LogP contribution in [0.25, 0.3) is 0 Å². The van der Waals surface area contributed by atoms with Crippen molar-refractivity contribution in [3.05, 3.63) is 0 Å². The summed E-state index contributed by atoms with van der Waals surface area (Å²) in [6, 6.07) is 0. The summed E-state index contributed by atoms with van der Waals surface area (Å²) >= 11 is 0. The monoisotopic (exact) mass is 198 g/mol. The Hall–Kier alpha value is -1.92. The summed E-state index contributed by atoms with van der Waals surface area (Å²) in [5, 5.41) is 0. The zero-order valence-corrected chi connectivity index (χ0v) is 8.19. The number of nitrogens with two attached hydrogens (primary N) is 3. The maximum absolute atomic E-state index is 9.81. The summed E-state index contributed by atoms with van der Waals surface area (Å²) in [6.45, 7) is 3.43. The number of anilines is 3. The lowest BCUT2D eigenvalue weighted by Gasteiger charge is -1.93. The number of nitrogens with zero attached hydrogens (tertiary/aromatic N) is 3. The van der Waals surface area contributed by atoms with Crippen LogP contribution in [-0.2, 0) is 4.79 Å². The van der Waals surface area contributed by atoms with Crippen LogP contribution < -0.4 is 17.2 Å². The Morgan fingerprint density at radius 2 is 1.29 bits per heavy atom. The van der Waals surface area contributed by atoms with Gasteiger partial charge >= 0.3 is 0 Å². The first-order valence-electron chi connectivity index (χ1n) is 3.97. The molecule has 7 nitrogen and oxygen atoms in total. The molecule has 0 aliphatic heterocycles. The Labute approximate surface area is 81.7 Å². The molecule has 0 unspecified atom stereocenters. The number of ketones is 1. The molecular weight excluding hydrogens is 184 g/mol. The number of nitrogen functional groups attached to an aromatic ring is 3. The molecule has 1 rings (SSSR count). The predicted octanol–water partition coefficient (Wildman–Crippen LogP) is -0.396. The molecule has 78 valence electrons. The standard InChI is InChI=1S/C4H8O.C3H6N6/c1-3-4(2)5;4-1-7-2(5)9-3(6)8-1/h3H2,1-2H3;(H6,4,5,6,7,8,9). The van der Waals surface area contributed by atoms with Crippen LogP contribution in [0, 0.1) is 0 Å². The highest BCUT2D eigenvalue weighted by Crippen LogP contribution is 1.97. The van der Waals surface area contributed by atoms with Gasteiger partial charge in [-0.3, -0.25) is 0 Å². The zero-order chi connectivity index (χ0) is 11.1. The first kappa shape index (κ1) is 12.1. The van der Waals surface area contributed by atoms with Crippen molar-refractivity contribution in [3.63, 3.8) is 0 Å². The van der Waals surface area contributed by atoms with Crippen LogP contribution in [0.1, 0.15) is 20.3 Å². The maximum Gasteiger partial charge on any atom is 0.226 e. The van der Waals surface area contributed by atoms with Crippen LogP contribution >= 0.6 is 0 Å². The molecule has 1 aromatic heterocycles. The van der Waals surface area contributed by atoms with Gasteiger partial charge in [-0.1, -0.05) is 6.92 Å². The van der Waals surface area contributed by atoms with Gasteiger partial charge in [-0.2, -0.15) is 15.0 Å². The minimum absolute atomic E-state index is 0.0417. The fourth-order valence-corrected chi connectivity index (χ4v) is 0.427. The summed E-state index contributed by atoms with van der Waals surface area (Å²) in [6.07, 6.45) is 0.667. The molecule has 0 bridgehead atoms. The molecular formula is C7H14N6O. The lowest BCUT2D eigenvalue weighted by molar-refractivity contribution is -0.116. The van der Waals surface area contributed by atoms with Crippen LogP contribution in [0.5, 0.6) is 0 Å². The molecule has 0 atom stereocenters. The molecule has 0 aliphatic carbocycles. The molecule has 0 saturated carbocycles. The first-order valence-corrected chi connectivity index (χ1v) is 3.97. The Kier molecular flexibility index (Phi) is 4.90. The van der Waals surface area contributed by atoms with Crippen molar-refractivity contribution >= 4 is 23.6 Å². The number of carbonyl (C=O) groups excluding carboxylic acids is 1. The minimum Gasteiger partial charge on any atom is -0.368 e. The molecule has 0 radical (unpaired) electrons. The molecule has 0 aliphatic rings. The fraction of sp³-hybridized carbons (Fsp3) is 0.429. The molecule has 0 saturated heterocycles. The van der Waals surface area contributed by atoms with Crippen molar-refractivity contribution in [2.45, 2.75) is 20.3 Å². The van der Waals surface area contributed by atoms with E-state index in [0.29, 0.717) is 6.42 Å². The van der Waals surface area contributed by atoms with E-state index in [0.717, 1.165) is 0 Å². The lowest BCUT2D eigenvalue weighted by Crippen LogP contribution is -2.05. The Bertz CT molecular complexity index is 263. The number of rotatable bonds is 1. The molecule has 7 heteroatoms. The summed E-state index contributed by atoms with van der Waals surface area (Å²) in [5.74, 6) is 0.380. The van der Waals surface area contributed by atoms with Gasteiger partial charge in [0.25, 0.3) is 0 Å². The quantitative estimate of drug-likeness (QED) is 0.559. The zero-order valence-electron chi connectivity index (χ0n) is 8.19. The SMILES string of the molecule is CCC(C)=O.Nc1nc(N)nc(N)n1. The Morgan fingerprint density at radius 3 is 1.43 bits per heavy atom. The van der Waals surface area contributed by atoms with E-state index in [2.05, 4.69) is 15.0 Å². The van der Waals surface area contributed by atoms with Gasteiger partial charge in [0, 0.05) is 6.42 Å². The van der Waals surface area contributed by atoms with Gasteiger partial charge in [0.2, 0.25) is 17.8 Å². The van der Waals surface area contributed by atoms with Gasteiger partial charge in [-0.15, -0.1) is 0 Å². The third-order valence-electron chi connectivity index (χ3n) is 1.19. The average molecular weight is 198 g/mol. The number of hydrogen-bond donors (Lipinski definition) is 3. The third kappa shape index (κ3) is 5.70. The molecule has 1 aromatic rings. The molecule has 1 heterocycles. The van der Waals surface area contributed by atoms with Crippen LogP contribution in [-0.4, -0.2) is 20.7 Å². The summed E-state index contributed by atoms with van der Waals surface area (Å²) in [7, 11) is 0. The number of Topliss-reactive ketones (excluding diaryl/α,β-unsaturated/α-hetero) is 1. The van der Waals surface area contributed by atoms with Crippen molar-refractivity contribution in [3.8, 4) is 0 Å². The molecule has 0 amide bonds. The molecule has 0 spiro atoms. The largest absolute Gasteiger partial charge is 0.368 e. The van der Waals surface area contributed by atoms with Gasteiger partial charge in [-0.25, -0.2) is 0 Å². The summed E-state index contributed by atoms with van der Waals surface area (Å²) in [5.41, 5.74) is 15.4. The van der Waals surface area contributed by atoms with Gasteiger partial charge in [0.15, 0.2) is 0 Å². The van der Waals surface area contributed by atoms with E-state index in [1.54, 1.807) is 6.92 Å². The fourth-order valence-electron chi connectivity index (χ4n) is 0.427. The van der Waals surface area contributed by atoms with Gasteiger partial charge in [-0.05, 0) is 6.92 Å². The number of aromatic nitrogens is 3. The van der Waals surface area contributed by atoms with Crippen LogP contribution in [0.3, 0.4) is 0 Å². The second-order valence-corrected chi connectivity index (χ2v) is 2.47. The molecule has 0 aromatic carbocycles. The van der Waals surface area contributed by atoms with E-state index in [4.69, 9.17) is 17.2 Å². The predicted molar refractivity (Wildman–Crippen MR) is 54.0 cm³/mol. The second kappa shape index (κ2) is 5.68. The number of hydrogen-bond acceptors (Lipinski definition) is 7. The van der Waals surface area contributed by atoms with E-state index in [1.807, 2.05) is 6.92 Å². The van der Waals surface area contributed by atoms with Crippen LogP contribution in [0.4, 0.5) is 17.8 Å². The van der Waals surface area contributed by atoms with E-state index >= 15 is 0 Å². The van der Waals surface area contributed by atoms with Crippen molar-refractivity contribution < 1.29 is 4.79 Å². The van der Waals surface area contributed by atoms with E-state index in [9.17, 15) is 4.79 Å². The van der Waals surface area contributed by atoms with Crippen LogP contribution in [0.15, 0.2) is 0 Å². The van der Waals surface area contributed by atoms with Crippen molar-refractivity contribution in [1.82, 2.24) is 15.0 Å². The highest BCUT2D eigenvalue weighted by molar-refractivity contribution is 5.74. The topological polar surface area (TPSA) is 134 Å². The van der Waals surface area contributed by atoms with Crippen molar-refractivity contribution in [2.75, 3.05) is 17.2 Å². The summed E-state index contributed by atoms with van der Waals surface area (Å²) < 4.78 is 0. The first-order chi connectivity index (χ1) is 6.45. The van der Waals surface area contributed by atoms with Gasteiger partial charge < -0.3 is 22.0 Å². The highest BCUT2D eigenvalue weighted by atomic mass is 16.1. The maximum atomic E-state index is 9.81. The number of carbonyl (C=O) groups is 1. The minimum atomic E-state index is 0.0417. The lowest BCUT2D eigenvalue weighted by atomic mass is 10.4. The summed E-state index contributed by atoms with van der Waals surface area (Å²) in [4.78, 5) is 20.3. The molecule has 14 heavy (non-hydrogen) atoms. The third-order valence-corrected chi connectivity index (χ3v) is 1.19. The van der Waals surface area contributed by atoms with E-state index < -0.39 is 0 Å². The Balaban J connectivity index is 0.000000292. The van der Waals surface area contributed by atoms with E-state index in [1.165, 1.54) is 0 Å². The normalized spacial score (nSPS) is 8.71. The average Bonchev–Trinajstić information content (AvgIpc) is 2.02.